The van der Waals surface area contributed by atoms with Crippen molar-refractivity contribution in [1.82, 2.24) is 5.32 Å². The van der Waals surface area contributed by atoms with Crippen LogP contribution in [0.4, 0.5) is 16.2 Å². The molecule has 0 unspecified atom stereocenters. The number of carbonyl (C=O) groups excluding carboxylic acids is 3. The number of ether oxygens (including phenoxy) is 2. The standard InChI is InChI=1S/C22H20BrN3O7/c1-4-32-18-10-13(9-17(23)19(18)33-12(2)3)8-16-20(27)24-22(29)25(21(16)28)14-6-5-7-15(11-14)26(30)31/h5-12H,4H2,1-3H3,(H,24,27,29)/b16-8+. The minimum absolute atomic E-state index is 0.0398. The SMILES string of the molecule is CCOc1cc(/C=C2\C(=O)NC(=O)N(c3cccc([N+](=O)[O-])c3)C2=O)cc(Br)c1OC(C)C. The zero-order chi connectivity index (χ0) is 24.3. The number of carbonyl (C=O) groups is 3. The highest BCUT2D eigenvalue weighted by atomic mass is 79.9. The molecule has 0 spiro atoms. The van der Waals surface area contributed by atoms with Crippen molar-refractivity contribution in [2.45, 2.75) is 26.9 Å². The van der Waals surface area contributed by atoms with E-state index in [1.54, 1.807) is 19.1 Å². The number of barbiturate groups is 1. The van der Waals surface area contributed by atoms with Crippen molar-refractivity contribution >= 4 is 51.2 Å². The van der Waals surface area contributed by atoms with Crippen LogP contribution in [0.25, 0.3) is 6.08 Å². The first-order valence-corrected chi connectivity index (χ1v) is 10.7. The molecule has 0 radical (unpaired) electrons. The second-order valence-electron chi connectivity index (χ2n) is 7.16. The average Bonchev–Trinajstić information content (AvgIpc) is 2.73. The Kier molecular flexibility index (Phi) is 7.12. The van der Waals surface area contributed by atoms with Gasteiger partial charge in [-0.15, -0.1) is 0 Å². The zero-order valence-electron chi connectivity index (χ0n) is 18.0. The fourth-order valence-electron chi connectivity index (χ4n) is 3.09. The van der Waals surface area contributed by atoms with E-state index in [0.717, 1.165) is 6.07 Å². The van der Waals surface area contributed by atoms with Crippen molar-refractivity contribution in [1.29, 1.82) is 0 Å². The number of urea groups is 1. The Hall–Kier alpha value is -3.73. The zero-order valence-corrected chi connectivity index (χ0v) is 19.5. The topological polar surface area (TPSA) is 128 Å². The number of non-ortho nitro benzene ring substituents is 1. The van der Waals surface area contributed by atoms with Crippen LogP contribution >= 0.6 is 15.9 Å². The van der Waals surface area contributed by atoms with E-state index in [-0.39, 0.29) is 23.1 Å². The van der Waals surface area contributed by atoms with Gasteiger partial charge in [0.25, 0.3) is 17.5 Å². The molecule has 172 valence electrons. The number of hydrogen-bond donors (Lipinski definition) is 1. The molecule has 1 saturated heterocycles. The van der Waals surface area contributed by atoms with Gasteiger partial charge >= 0.3 is 6.03 Å². The smallest absolute Gasteiger partial charge is 0.335 e. The molecule has 1 heterocycles. The van der Waals surface area contributed by atoms with E-state index < -0.39 is 22.8 Å². The average molecular weight is 518 g/mol. The fraction of sp³-hybridized carbons (Fsp3) is 0.227. The minimum atomic E-state index is -1.00. The number of nitro groups is 1. The predicted molar refractivity (Wildman–Crippen MR) is 123 cm³/mol. The number of rotatable bonds is 7. The monoisotopic (exact) mass is 517 g/mol. The summed E-state index contributed by atoms with van der Waals surface area (Å²) in [7, 11) is 0. The number of imide groups is 2. The Labute approximate surface area is 197 Å². The van der Waals surface area contributed by atoms with Crippen LogP contribution < -0.4 is 19.7 Å². The lowest BCUT2D eigenvalue weighted by Crippen LogP contribution is -2.54. The molecule has 0 bridgehead atoms. The molecule has 1 aliphatic rings. The number of amides is 4. The van der Waals surface area contributed by atoms with E-state index in [1.165, 1.54) is 24.3 Å². The Bertz CT molecular complexity index is 1180. The molecule has 2 aromatic carbocycles. The van der Waals surface area contributed by atoms with E-state index in [0.29, 0.717) is 33.0 Å². The first-order chi connectivity index (χ1) is 15.6. The molecule has 33 heavy (non-hydrogen) atoms. The molecular formula is C22H20BrN3O7. The summed E-state index contributed by atoms with van der Waals surface area (Å²) >= 11 is 3.42. The molecule has 0 aromatic heterocycles. The van der Waals surface area contributed by atoms with Crippen molar-refractivity contribution in [2.24, 2.45) is 0 Å². The van der Waals surface area contributed by atoms with E-state index in [1.807, 2.05) is 13.8 Å². The summed E-state index contributed by atoms with van der Waals surface area (Å²) in [5, 5.41) is 13.2. The van der Waals surface area contributed by atoms with Gasteiger partial charge in [0.15, 0.2) is 11.5 Å². The van der Waals surface area contributed by atoms with Crippen LogP contribution in [0.2, 0.25) is 0 Å². The summed E-state index contributed by atoms with van der Waals surface area (Å²) < 4.78 is 12.0. The van der Waals surface area contributed by atoms with Gasteiger partial charge < -0.3 is 9.47 Å². The summed E-state index contributed by atoms with van der Waals surface area (Å²) in [5.41, 5.74) is -0.232. The molecule has 3 rings (SSSR count). The Balaban J connectivity index is 2.04. The van der Waals surface area contributed by atoms with Gasteiger partial charge in [0.05, 0.1) is 27.8 Å². The summed E-state index contributed by atoms with van der Waals surface area (Å²) in [6.45, 7) is 5.89. The number of hydrogen-bond acceptors (Lipinski definition) is 7. The molecule has 1 N–H and O–H groups in total. The van der Waals surface area contributed by atoms with Crippen LogP contribution in [0.1, 0.15) is 26.3 Å². The quantitative estimate of drug-likeness (QED) is 0.252. The third-order valence-corrected chi connectivity index (χ3v) is 4.99. The van der Waals surface area contributed by atoms with Crippen LogP contribution in [0.3, 0.4) is 0 Å². The normalized spacial score (nSPS) is 15.1. The van der Waals surface area contributed by atoms with E-state index in [4.69, 9.17) is 9.47 Å². The highest BCUT2D eigenvalue weighted by molar-refractivity contribution is 9.10. The van der Waals surface area contributed by atoms with Gasteiger partial charge in [-0.1, -0.05) is 6.07 Å². The number of nitro benzene ring substituents is 1. The van der Waals surface area contributed by atoms with Crippen molar-refractivity contribution in [3.8, 4) is 11.5 Å². The van der Waals surface area contributed by atoms with Gasteiger partial charge in [-0.3, -0.25) is 25.0 Å². The maximum absolute atomic E-state index is 13.1. The van der Waals surface area contributed by atoms with Gasteiger partial charge in [0, 0.05) is 12.1 Å². The molecular weight excluding hydrogens is 498 g/mol. The van der Waals surface area contributed by atoms with Crippen LogP contribution in [-0.4, -0.2) is 35.5 Å². The van der Waals surface area contributed by atoms with Gasteiger partial charge in [-0.05, 0) is 66.5 Å². The number of nitrogens with zero attached hydrogens (tertiary/aromatic N) is 2. The third kappa shape index (κ3) is 5.20. The lowest BCUT2D eigenvalue weighted by atomic mass is 10.1. The number of benzene rings is 2. The number of halogens is 1. The van der Waals surface area contributed by atoms with Crippen molar-refractivity contribution < 1.29 is 28.8 Å². The second kappa shape index (κ2) is 9.82. The molecule has 0 atom stereocenters. The highest BCUT2D eigenvalue weighted by Gasteiger charge is 2.37. The summed E-state index contributed by atoms with van der Waals surface area (Å²) in [4.78, 5) is 49.0. The number of anilines is 1. The predicted octanol–water partition coefficient (Wildman–Crippen LogP) is 4.21. The Morgan fingerprint density at radius 1 is 1.21 bits per heavy atom. The molecule has 11 heteroatoms. The molecule has 10 nitrogen and oxygen atoms in total. The van der Waals surface area contributed by atoms with Crippen LogP contribution in [0, 0.1) is 10.1 Å². The summed E-state index contributed by atoms with van der Waals surface area (Å²) in [6.07, 6.45) is 1.19. The Morgan fingerprint density at radius 3 is 2.58 bits per heavy atom. The maximum atomic E-state index is 13.1. The van der Waals surface area contributed by atoms with Crippen LogP contribution in [0.5, 0.6) is 11.5 Å². The van der Waals surface area contributed by atoms with E-state index >= 15 is 0 Å². The van der Waals surface area contributed by atoms with Gasteiger partial charge in [-0.25, -0.2) is 9.69 Å². The van der Waals surface area contributed by atoms with E-state index in [9.17, 15) is 24.5 Å². The first-order valence-electron chi connectivity index (χ1n) is 9.91. The van der Waals surface area contributed by atoms with Gasteiger partial charge in [0.1, 0.15) is 5.57 Å². The minimum Gasteiger partial charge on any atom is -0.490 e. The molecule has 1 aliphatic heterocycles. The lowest BCUT2D eigenvalue weighted by molar-refractivity contribution is -0.384. The van der Waals surface area contributed by atoms with Crippen molar-refractivity contribution in [3.63, 3.8) is 0 Å². The van der Waals surface area contributed by atoms with Crippen molar-refractivity contribution in [3.05, 3.63) is 62.1 Å². The lowest BCUT2D eigenvalue weighted by Gasteiger charge is -2.26. The molecule has 2 aromatic rings. The number of nitrogens with one attached hydrogen (secondary N) is 1. The Morgan fingerprint density at radius 2 is 1.94 bits per heavy atom. The second-order valence-corrected chi connectivity index (χ2v) is 8.02. The molecule has 1 fully saturated rings. The van der Waals surface area contributed by atoms with E-state index in [2.05, 4.69) is 21.2 Å². The summed E-state index contributed by atoms with van der Waals surface area (Å²) in [6, 6.07) is 7.25. The third-order valence-electron chi connectivity index (χ3n) is 4.40. The molecule has 0 saturated carbocycles. The summed E-state index contributed by atoms with van der Waals surface area (Å²) in [5.74, 6) is -0.923. The highest BCUT2D eigenvalue weighted by Crippen LogP contribution is 2.38. The maximum Gasteiger partial charge on any atom is 0.335 e. The van der Waals surface area contributed by atoms with Crippen molar-refractivity contribution in [2.75, 3.05) is 11.5 Å². The fourth-order valence-corrected chi connectivity index (χ4v) is 3.64. The molecule has 4 amide bonds. The van der Waals surface area contributed by atoms with Crippen LogP contribution in [0.15, 0.2) is 46.4 Å². The van der Waals surface area contributed by atoms with Crippen LogP contribution in [-0.2, 0) is 9.59 Å². The first kappa shape index (κ1) is 23.9. The molecule has 0 aliphatic carbocycles. The van der Waals surface area contributed by atoms with Gasteiger partial charge in [-0.2, -0.15) is 0 Å². The largest absolute Gasteiger partial charge is 0.490 e. The van der Waals surface area contributed by atoms with Gasteiger partial charge in [0.2, 0.25) is 0 Å².